The molecule has 4 nitrogen and oxygen atoms in total. The SMILES string of the molecule is CCCC(=O)NCC1(OC)CCOC1. The number of carbonyl (C=O) groups is 1. The molecule has 0 aliphatic carbocycles. The van der Waals surface area contributed by atoms with Gasteiger partial charge in [0.2, 0.25) is 5.91 Å². The zero-order valence-electron chi connectivity index (χ0n) is 8.97. The van der Waals surface area contributed by atoms with Crippen LogP contribution < -0.4 is 5.32 Å². The molecule has 1 heterocycles. The lowest BCUT2D eigenvalue weighted by Crippen LogP contribution is -2.44. The molecule has 1 saturated heterocycles. The lowest BCUT2D eigenvalue weighted by Gasteiger charge is -2.25. The summed E-state index contributed by atoms with van der Waals surface area (Å²) in [5.74, 6) is 0.0934. The van der Waals surface area contributed by atoms with E-state index in [0.29, 0.717) is 19.6 Å². The van der Waals surface area contributed by atoms with Crippen LogP contribution in [0.1, 0.15) is 26.2 Å². The molecule has 1 amide bonds. The first kappa shape index (κ1) is 11.5. The molecule has 1 atom stereocenters. The zero-order valence-corrected chi connectivity index (χ0v) is 8.97. The predicted octanol–water partition coefficient (Wildman–Crippen LogP) is 0.708. The summed E-state index contributed by atoms with van der Waals surface area (Å²) in [6, 6.07) is 0. The van der Waals surface area contributed by atoms with Gasteiger partial charge in [-0.15, -0.1) is 0 Å². The van der Waals surface area contributed by atoms with Crippen molar-refractivity contribution in [1.82, 2.24) is 5.32 Å². The van der Waals surface area contributed by atoms with Crippen molar-refractivity contribution in [3.05, 3.63) is 0 Å². The van der Waals surface area contributed by atoms with Gasteiger partial charge in [0.1, 0.15) is 5.60 Å². The second kappa shape index (κ2) is 5.32. The summed E-state index contributed by atoms with van der Waals surface area (Å²) in [7, 11) is 1.67. The number of hydrogen-bond donors (Lipinski definition) is 1. The highest BCUT2D eigenvalue weighted by Gasteiger charge is 2.34. The molecule has 1 aliphatic heterocycles. The van der Waals surface area contributed by atoms with Gasteiger partial charge in [-0.1, -0.05) is 6.92 Å². The summed E-state index contributed by atoms with van der Waals surface area (Å²) >= 11 is 0. The average molecular weight is 201 g/mol. The molecule has 0 aromatic rings. The molecule has 82 valence electrons. The molecule has 0 bridgehead atoms. The Morgan fingerprint density at radius 3 is 2.93 bits per heavy atom. The van der Waals surface area contributed by atoms with E-state index in [1.54, 1.807) is 7.11 Å². The third-order valence-electron chi connectivity index (χ3n) is 2.58. The van der Waals surface area contributed by atoms with E-state index in [0.717, 1.165) is 19.4 Å². The fourth-order valence-electron chi connectivity index (χ4n) is 1.54. The van der Waals surface area contributed by atoms with Crippen LogP contribution in [0.2, 0.25) is 0 Å². The molecule has 4 heteroatoms. The number of methoxy groups -OCH3 is 1. The predicted molar refractivity (Wildman–Crippen MR) is 53.1 cm³/mol. The molecule has 0 radical (unpaired) electrons. The first-order valence-corrected chi connectivity index (χ1v) is 5.12. The molecule has 1 N–H and O–H groups in total. The number of amides is 1. The number of rotatable bonds is 5. The Morgan fingerprint density at radius 2 is 2.43 bits per heavy atom. The van der Waals surface area contributed by atoms with Crippen molar-refractivity contribution in [2.75, 3.05) is 26.9 Å². The van der Waals surface area contributed by atoms with Crippen LogP contribution in [-0.4, -0.2) is 38.4 Å². The van der Waals surface area contributed by atoms with Crippen molar-refractivity contribution in [3.63, 3.8) is 0 Å². The quantitative estimate of drug-likeness (QED) is 0.712. The molecule has 1 unspecified atom stereocenters. The Bertz CT molecular complexity index is 188. The lowest BCUT2D eigenvalue weighted by molar-refractivity contribution is -0.122. The summed E-state index contributed by atoms with van der Waals surface area (Å²) in [6.45, 7) is 3.85. The van der Waals surface area contributed by atoms with Gasteiger partial charge in [-0.2, -0.15) is 0 Å². The van der Waals surface area contributed by atoms with Crippen LogP contribution in [0.5, 0.6) is 0 Å². The monoisotopic (exact) mass is 201 g/mol. The van der Waals surface area contributed by atoms with Crippen LogP contribution in [0.3, 0.4) is 0 Å². The number of hydrogen-bond acceptors (Lipinski definition) is 3. The molecular weight excluding hydrogens is 182 g/mol. The van der Waals surface area contributed by atoms with E-state index >= 15 is 0 Å². The minimum absolute atomic E-state index is 0.0934. The van der Waals surface area contributed by atoms with Crippen LogP contribution in [0.25, 0.3) is 0 Å². The van der Waals surface area contributed by atoms with E-state index in [4.69, 9.17) is 9.47 Å². The van der Waals surface area contributed by atoms with Crippen LogP contribution in [0, 0.1) is 0 Å². The van der Waals surface area contributed by atoms with Crippen molar-refractivity contribution in [1.29, 1.82) is 0 Å². The molecule has 0 spiro atoms. The van der Waals surface area contributed by atoms with Gasteiger partial charge in [-0.05, 0) is 6.42 Å². The third-order valence-corrected chi connectivity index (χ3v) is 2.58. The van der Waals surface area contributed by atoms with Crippen LogP contribution >= 0.6 is 0 Å². The molecular formula is C10H19NO3. The van der Waals surface area contributed by atoms with E-state index < -0.39 is 0 Å². The Kier molecular flexibility index (Phi) is 4.35. The number of carbonyl (C=O) groups excluding carboxylic acids is 1. The summed E-state index contributed by atoms with van der Waals surface area (Å²) in [5.41, 5.74) is -0.288. The van der Waals surface area contributed by atoms with Gasteiger partial charge in [0.25, 0.3) is 0 Å². The molecule has 14 heavy (non-hydrogen) atoms. The highest BCUT2D eigenvalue weighted by atomic mass is 16.5. The first-order valence-electron chi connectivity index (χ1n) is 5.12. The van der Waals surface area contributed by atoms with Gasteiger partial charge in [0.05, 0.1) is 6.61 Å². The first-order chi connectivity index (χ1) is 6.72. The third kappa shape index (κ3) is 2.96. The van der Waals surface area contributed by atoms with Crippen molar-refractivity contribution in [2.24, 2.45) is 0 Å². The second-order valence-electron chi connectivity index (χ2n) is 3.72. The Balaban J connectivity index is 2.30. The molecule has 0 saturated carbocycles. The van der Waals surface area contributed by atoms with Crippen molar-refractivity contribution >= 4 is 5.91 Å². The maximum Gasteiger partial charge on any atom is 0.220 e. The zero-order chi connectivity index (χ0) is 10.4. The standard InChI is InChI=1S/C10H19NO3/c1-3-4-9(12)11-7-10(13-2)5-6-14-8-10/h3-8H2,1-2H3,(H,11,12). The van der Waals surface area contributed by atoms with Crippen molar-refractivity contribution in [3.8, 4) is 0 Å². The number of nitrogens with one attached hydrogen (secondary N) is 1. The van der Waals surface area contributed by atoms with E-state index in [9.17, 15) is 4.79 Å². The topological polar surface area (TPSA) is 47.6 Å². The normalized spacial score (nSPS) is 26.4. The van der Waals surface area contributed by atoms with E-state index in [1.807, 2.05) is 6.92 Å². The van der Waals surface area contributed by atoms with Crippen LogP contribution in [0.15, 0.2) is 0 Å². The highest BCUT2D eigenvalue weighted by Crippen LogP contribution is 2.21. The second-order valence-corrected chi connectivity index (χ2v) is 3.72. The smallest absolute Gasteiger partial charge is 0.220 e. The van der Waals surface area contributed by atoms with E-state index in [2.05, 4.69) is 5.32 Å². The van der Waals surface area contributed by atoms with Gasteiger partial charge in [0, 0.05) is 33.1 Å². The minimum atomic E-state index is -0.288. The van der Waals surface area contributed by atoms with Gasteiger partial charge < -0.3 is 14.8 Å². The lowest BCUT2D eigenvalue weighted by atomic mass is 10.0. The average Bonchev–Trinajstić information content (AvgIpc) is 2.65. The van der Waals surface area contributed by atoms with E-state index in [-0.39, 0.29) is 11.5 Å². The van der Waals surface area contributed by atoms with Crippen molar-refractivity contribution in [2.45, 2.75) is 31.8 Å². The Labute approximate surface area is 85.0 Å². The highest BCUT2D eigenvalue weighted by molar-refractivity contribution is 5.75. The maximum absolute atomic E-state index is 11.3. The fraction of sp³-hybridized carbons (Fsp3) is 0.900. The molecule has 1 rings (SSSR count). The molecule has 1 aliphatic rings. The fourth-order valence-corrected chi connectivity index (χ4v) is 1.54. The van der Waals surface area contributed by atoms with Crippen molar-refractivity contribution < 1.29 is 14.3 Å². The van der Waals surface area contributed by atoms with Gasteiger partial charge in [-0.3, -0.25) is 4.79 Å². The van der Waals surface area contributed by atoms with Crippen LogP contribution in [-0.2, 0) is 14.3 Å². The Hall–Kier alpha value is -0.610. The summed E-state index contributed by atoms with van der Waals surface area (Å²) in [6.07, 6.45) is 2.32. The Morgan fingerprint density at radius 1 is 1.64 bits per heavy atom. The van der Waals surface area contributed by atoms with Gasteiger partial charge in [-0.25, -0.2) is 0 Å². The van der Waals surface area contributed by atoms with Crippen LogP contribution in [0.4, 0.5) is 0 Å². The summed E-state index contributed by atoms with van der Waals surface area (Å²) in [5, 5.41) is 2.87. The number of ether oxygens (including phenoxy) is 2. The van der Waals surface area contributed by atoms with Gasteiger partial charge in [0.15, 0.2) is 0 Å². The minimum Gasteiger partial charge on any atom is -0.378 e. The van der Waals surface area contributed by atoms with Gasteiger partial charge >= 0.3 is 0 Å². The summed E-state index contributed by atoms with van der Waals surface area (Å²) in [4.78, 5) is 11.3. The largest absolute Gasteiger partial charge is 0.378 e. The van der Waals surface area contributed by atoms with E-state index in [1.165, 1.54) is 0 Å². The molecule has 1 fully saturated rings. The maximum atomic E-state index is 11.3. The summed E-state index contributed by atoms with van der Waals surface area (Å²) < 4.78 is 10.7. The molecule has 0 aromatic heterocycles. The molecule has 0 aromatic carbocycles.